The minimum absolute atomic E-state index is 0.0363. The molecule has 3 nitrogen and oxygen atoms in total. The normalized spacial score (nSPS) is 12.2. The molecular formula is C13H20N2O. The fourth-order valence-corrected chi connectivity index (χ4v) is 1.69. The Morgan fingerprint density at radius 3 is 2.38 bits per heavy atom. The number of hydrogen-bond acceptors (Lipinski definition) is 2. The summed E-state index contributed by atoms with van der Waals surface area (Å²) >= 11 is 0. The first-order valence-electron chi connectivity index (χ1n) is 5.62. The van der Waals surface area contributed by atoms with Gasteiger partial charge < -0.3 is 11.1 Å². The van der Waals surface area contributed by atoms with E-state index in [9.17, 15) is 4.79 Å². The van der Waals surface area contributed by atoms with Crippen molar-refractivity contribution in [3.63, 3.8) is 0 Å². The van der Waals surface area contributed by atoms with E-state index in [4.69, 9.17) is 5.73 Å². The van der Waals surface area contributed by atoms with Crippen LogP contribution in [0.1, 0.15) is 24.5 Å². The Hall–Kier alpha value is -1.35. The highest BCUT2D eigenvalue weighted by atomic mass is 16.1. The molecule has 0 spiro atoms. The van der Waals surface area contributed by atoms with Crippen molar-refractivity contribution in [2.45, 2.75) is 27.2 Å². The quantitative estimate of drug-likeness (QED) is 0.817. The molecule has 0 fully saturated rings. The van der Waals surface area contributed by atoms with Crippen LogP contribution >= 0.6 is 0 Å². The minimum Gasteiger partial charge on any atom is -0.330 e. The highest BCUT2D eigenvalue weighted by Gasteiger charge is 2.11. The molecule has 0 aliphatic rings. The first-order valence-corrected chi connectivity index (χ1v) is 5.62. The van der Waals surface area contributed by atoms with Crippen LogP contribution in [0.2, 0.25) is 0 Å². The zero-order valence-electron chi connectivity index (χ0n) is 10.2. The van der Waals surface area contributed by atoms with E-state index in [-0.39, 0.29) is 11.8 Å². The first-order chi connectivity index (χ1) is 7.52. The number of nitrogens with two attached hydrogens (primary N) is 1. The molecule has 16 heavy (non-hydrogen) atoms. The van der Waals surface area contributed by atoms with E-state index in [1.807, 2.05) is 32.9 Å². The van der Waals surface area contributed by atoms with Crippen molar-refractivity contribution in [1.82, 2.24) is 0 Å². The van der Waals surface area contributed by atoms with Gasteiger partial charge in [0.25, 0.3) is 0 Å². The lowest BCUT2D eigenvalue weighted by molar-refractivity contribution is -0.119. The monoisotopic (exact) mass is 220 g/mol. The highest BCUT2D eigenvalue weighted by Crippen LogP contribution is 2.15. The number of carbonyl (C=O) groups excluding carboxylic acids is 1. The molecular weight excluding hydrogens is 200 g/mol. The predicted octanol–water partition coefficient (Wildman–Crippen LogP) is 2.23. The van der Waals surface area contributed by atoms with Gasteiger partial charge in [0, 0.05) is 11.6 Å². The maximum atomic E-state index is 11.8. The van der Waals surface area contributed by atoms with Gasteiger partial charge in [0.05, 0.1) is 0 Å². The number of benzene rings is 1. The number of anilines is 1. The second kappa shape index (κ2) is 5.66. The summed E-state index contributed by atoms with van der Waals surface area (Å²) < 4.78 is 0. The van der Waals surface area contributed by atoms with Crippen LogP contribution in [-0.4, -0.2) is 12.5 Å². The van der Waals surface area contributed by atoms with Crippen LogP contribution in [0.5, 0.6) is 0 Å². The summed E-state index contributed by atoms with van der Waals surface area (Å²) in [7, 11) is 0. The van der Waals surface area contributed by atoms with Crippen molar-refractivity contribution in [3.05, 3.63) is 29.3 Å². The number of carbonyl (C=O) groups is 1. The third kappa shape index (κ3) is 3.66. The SMILES string of the molecule is Cc1cc(C)cc(NC(=O)C(C)CCN)c1. The molecule has 1 unspecified atom stereocenters. The van der Waals surface area contributed by atoms with Gasteiger partial charge in [0.15, 0.2) is 0 Å². The van der Waals surface area contributed by atoms with Crippen molar-refractivity contribution >= 4 is 11.6 Å². The van der Waals surface area contributed by atoms with E-state index in [0.29, 0.717) is 6.54 Å². The maximum absolute atomic E-state index is 11.8. The van der Waals surface area contributed by atoms with Crippen molar-refractivity contribution in [2.24, 2.45) is 11.7 Å². The summed E-state index contributed by atoms with van der Waals surface area (Å²) in [6, 6.07) is 6.03. The molecule has 1 atom stereocenters. The van der Waals surface area contributed by atoms with Crippen LogP contribution in [0.25, 0.3) is 0 Å². The van der Waals surface area contributed by atoms with Crippen molar-refractivity contribution in [1.29, 1.82) is 0 Å². The molecule has 3 heteroatoms. The van der Waals surface area contributed by atoms with Crippen LogP contribution in [-0.2, 0) is 4.79 Å². The van der Waals surface area contributed by atoms with Gasteiger partial charge in [-0.3, -0.25) is 4.79 Å². The van der Waals surface area contributed by atoms with Crippen LogP contribution in [0.3, 0.4) is 0 Å². The smallest absolute Gasteiger partial charge is 0.227 e. The molecule has 1 aromatic rings. The number of aryl methyl sites for hydroxylation is 2. The molecule has 0 saturated carbocycles. The average molecular weight is 220 g/mol. The summed E-state index contributed by atoms with van der Waals surface area (Å²) in [6.45, 7) is 6.48. The Morgan fingerprint density at radius 2 is 1.88 bits per heavy atom. The minimum atomic E-state index is -0.0363. The number of rotatable bonds is 4. The van der Waals surface area contributed by atoms with Gasteiger partial charge in [0.2, 0.25) is 5.91 Å². The number of nitrogens with one attached hydrogen (secondary N) is 1. The summed E-state index contributed by atoms with van der Waals surface area (Å²) in [5.74, 6) is 0.00117. The van der Waals surface area contributed by atoms with Gasteiger partial charge in [-0.25, -0.2) is 0 Å². The van der Waals surface area contributed by atoms with Crippen LogP contribution in [0, 0.1) is 19.8 Å². The van der Waals surface area contributed by atoms with Crippen LogP contribution in [0.15, 0.2) is 18.2 Å². The summed E-state index contributed by atoms with van der Waals surface area (Å²) in [4.78, 5) is 11.8. The fraction of sp³-hybridized carbons (Fsp3) is 0.462. The third-order valence-electron chi connectivity index (χ3n) is 2.54. The predicted molar refractivity (Wildman–Crippen MR) is 67.4 cm³/mol. The molecule has 1 rings (SSSR count). The number of hydrogen-bond donors (Lipinski definition) is 2. The Balaban J connectivity index is 2.69. The molecule has 88 valence electrons. The Labute approximate surface area is 97.0 Å². The fourth-order valence-electron chi connectivity index (χ4n) is 1.69. The lowest BCUT2D eigenvalue weighted by Gasteiger charge is -2.12. The van der Waals surface area contributed by atoms with E-state index in [1.165, 1.54) is 0 Å². The largest absolute Gasteiger partial charge is 0.330 e. The molecule has 0 aliphatic carbocycles. The van der Waals surface area contributed by atoms with Gasteiger partial charge >= 0.3 is 0 Å². The van der Waals surface area contributed by atoms with Crippen molar-refractivity contribution in [3.8, 4) is 0 Å². The third-order valence-corrected chi connectivity index (χ3v) is 2.54. The average Bonchev–Trinajstić information content (AvgIpc) is 2.16. The second-order valence-corrected chi connectivity index (χ2v) is 4.34. The molecule has 0 aromatic heterocycles. The van der Waals surface area contributed by atoms with Crippen LogP contribution in [0.4, 0.5) is 5.69 Å². The molecule has 0 bridgehead atoms. The van der Waals surface area contributed by atoms with Gasteiger partial charge in [-0.05, 0) is 50.1 Å². The topological polar surface area (TPSA) is 55.1 Å². The highest BCUT2D eigenvalue weighted by molar-refractivity contribution is 5.92. The zero-order chi connectivity index (χ0) is 12.1. The van der Waals surface area contributed by atoms with E-state index in [2.05, 4.69) is 11.4 Å². The summed E-state index contributed by atoms with van der Waals surface area (Å²) in [5.41, 5.74) is 8.60. The second-order valence-electron chi connectivity index (χ2n) is 4.34. The first kappa shape index (κ1) is 12.7. The van der Waals surface area contributed by atoms with E-state index < -0.39 is 0 Å². The van der Waals surface area contributed by atoms with Crippen LogP contribution < -0.4 is 11.1 Å². The summed E-state index contributed by atoms with van der Waals surface area (Å²) in [6.07, 6.45) is 0.719. The molecule has 0 heterocycles. The Morgan fingerprint density at radius 1 is 1.31 bits per heavy atom. The molecule has 0 saturated heterocycles. The standard InChI is InChI=1S/C13H20N2O/c1-9-6-10(2)8-12(7-9)15-13(16)11(3)4-5-14/h6-8,11H,4-5,14H2,1-3H3,(H,15,16). The van der Waals surface area contributed by atoms with E-state index in [1.54, 1.807) is 0 Å². The van der Waals surface area contributed by atoms with Gasteiger partial charge in [0.1, 0.15) is 0 Å². The number of amides is 1. The molecule has 1 aromatic carbocycles. The lowest BCUT2D eigenvalue weighted by atomic mass is 10.1. The Kier molecular flexibility index (Phi) is 4.50. The van der Waals surface area contributed by atoms with E-state index in [0.717, 1.165) is 23.2 Å². The summed E-state index contributed by atoms with van der Waals surface area (Å²) in [5, 5.41) is 2.91. The molecule has 1 amide bonds. The Bertz CT molecular complexity index is 354. The molecule has 0 radical (unpaired) electrons. The lowest BCUT2D eigenvalue weighted by Crippen LogP contribution is -2.22. The van der Waals surface area contributed by atoms with Gasteiger partial charge in [-0.2, -0.15) is 0 Å². The van der Waals surface area contributed by atoms with Gasteiger partial charge in [-0.1, -0.05) is 13.0 Å². The van der Waals surface area contributed by atoms with Crippen molar-refractivity contribution < 1.29 is 4.79 Å². The molecule has 0 aliphatic heterocycles. The maximum Gasteiger partial charge on any atom is 0.227 e. The van der Waals surface area contributed by atoms with Crippen molar-refractivity contribution in [2.75, 3.05) is 11.9 Å². The van der Waals surface area contributed by atoms with Gasteiger partial charge in [-0.15, -0.1) is 0 Å². The van der Waals surface area contributed by atoms with E-state index >= 15 is 0 Å². The molecule has 3 N–H and O–H groups in total. The zero-order valence-corrected chi connectivity index (χ0v) is 10.2.